The summed E-state index contributed by atoms with van der Waals surface area (Å²) in [5.41, 5.74) is 2.26. The summed E-state index contributed by atoms with van der Waals surface area (Å²) in [5, 5.41) is 7.89. The lowest BCUT2D eigenvalue weighted by atomic mass is 10.0. The lowest BCUT2D eigenvalue weighted by Gasteiger charge is -2.13. The van der Waals surface area contributed by atoms with Crippen molar-refractivity contribution in [1.29, 1.82) is 0 Å². The normalized spacial score (nSPS) is 11.5. The number of nitrogens with zero attached hydrogens (tertiary/aromatic N) is 3. The summed E-state index contributed by atoms with van der Waals surface area (Å²) in [5.74, 6) is 1.30. The number of fused-ring (bicyclic) bond motifs is 2. The average molecular weight is 561 g/mol. The van der Waals surface area contributed by atoms with Crippen LogP contribution in [0.1, 0.15) is 30.3 Å². The van der Waals surface area contributed by atoms with E-state index in [4.69, 9.17) is 21.3 Å². The predicted molar refractivity (Wildman–Crippen MR) is 150 cm³/mol. The molecule has 5 aromatic rings. The molecule has 5 nitrogen and oxygen atoms in total. The molecule has 0 atom stereocenters. The summed E-state index contributed by atoms with van der Waals surface area (Å²) in [7, 11) is 0. The molecular formula is C29H23BrClN3O2. The Morgan fingerprint density at radius 1 is 1.03 bits per heavy atom. The third-order valence-corrected chi connectivity index (χ3v) is 6.63. The Kier molecular flexibility index (Phi) is 7.16. The van der Waals surface area contributed by atoms with Crippen LogP contribution in [0.25, 0.3) is 21.7 Å². The Hall–Kier alpha value is -3.48. The van der Waals surface area contributed by atoms with Crippen molar-refractivity contribution in [1.82, 2.24) is 9.66 Å². The first-order valence-electron chi connectivity index (χ1n) is 11.7. The van der Waals surface area contributed by atoms with Gasteiger partial charge in [-0.15, -0.1) is 0 Å². The second kappa shape index (κ2) is 10.6. The predicted octanol–water partition coefficient (Wildman–Crippen LogP) is 7.38. The standard InChI is InChI=1S/C29H23BrClN3O2/c1-2-5-28-33-26-14-11-21(30)16-24(26)29(35)34(28)32-17-25-23-7-4-3-6-20(23)10-15-27(25)36-18-19-8-12-22(31)13-9-19/h3-4,6-17H,2,5,18H2,1H3. The van der Waals surface area contributed by atoms with Crippen LogP contribution >= 0.6 is 27.5 Å². The molecular weight excluding hydrogens is 538 g/mol. The number of hydrogen-bond acceptors (Lipinski definition) is 4. The summed E-state index contributed by atoms with van der Waals surface area (Å²) in [4.78, 5) is 18.2. The zero-order chi connectivity index (χ0) is 25.1. The molecule has 0 N–H and O–H groups in total. The van der Waals surface area contributed by atoms with Gasteiger partial charge in [-0.25, -0.2) is 4.98 Å². The van der Waals surface area contributed by atoms with Crippen LogP contribution in [0.5, 0.6) is 5.75 Å². The molecule has 0 aliphatic carbocycles. The first-order valence-corrected chi connectivity index (χ1v) is 12.8. The molecule has 180 valence electrons. The van der Waals surface area contributed by atoms with Gasteiger partial charge in [0.05, 0.1) is 17.1 Å². The van der Waals surface area contributed by atoms with E-state index in [2.05, 4.69) is 28.0 Å². The van der Waals surface area contributed by atoms with Crippen LogP contribution in [-0.4, -0.2) is 15.9 Å². The molecule has 0 aliphatic rings. The van der Waals surface area contributed by atoms with Crippen LogP contribution in [0.4, 0.5) is 0 Å². The maximum Gasteiger partial charge on any atom is 0.282 e. The quantitative estimate of drug-likeness (QED) is 0.195. The minimum Gasteiger partial charge on any atom is -0.488 e. The summed E-state index contributed by atoms with van der Waals surface area (Å²) in [6, 6.07) is 25.1. The highest BCUT2D eigenvalue weighted by atomic mass is 79.9. The van der Waals surface area contributed by atoms with Gasteiger partial charge in [0.15, 0.2) is 0 Å². The fourth-order valence-corrected chi connectivity index (χ4v) is 4.58. The fourth-order valence-electron chi connectivity index (χ4n) is 4.09. The van der Waals surface area contributed by atoms with E-state index in [-0.39, 0.29) is 5.56 Å². The molecule has 36 heavy (non-hydrogen) atoms. The van der Waals surface area contributed by atoms with E-state index >= 15 is 0 Å². The highest BCUT2D eigenvalue weighted by Gasteiger charge is 2.12. The van der Waals surface area contributed by atoms with E-state index < -0.39 is 0 Å². The zero-order valence-corrected chi connectivity index (χ0v) is 22.0. The summed E-state index contributed by atoms with van der Waals surface area (Å²) in [6.45, 7) is 2.43. The summed E-state index contributed by atoms with van der Waals surface area (Å²) in [6.07, 6.45) is 3.17. The minimum atomic E-state index is -0.204. The molecule has 4 aromatic carbocycles. The van der Waals surface area contributed by atoms with E-state index in [0.717, 1.165) is 32.8 Å². The number of rotatable bonds is 7. The van der Waals surface area contributed by atoms with E-state index in [1.807, 2.05) is 72.8 Å². The van der Waals surface area contributed by atoms with Crippen molar-refractivity contribution in [2.75, 3.05) is 0 Å². The Labute approximate surface area is 222 Å². The molecule has 5 rings (SSSR count). The Bertz CT molecular complexity index is 1650. The number of benzene rings is 4. The smallest absolute Gasteiger partial charge is 0.282 e. The lowest BCUT2D eigenvalue weighted by molar-refractivity contribution is 0.306. The largest absolute Gasteiger partial charge is 0.488 e. The zero-order valence-electron chi connectivity index (χ0n) is 19.6. The number of hydrogen-bond donors (Lipinski definition) is 0. The molecule has 1 heterocycles. The molecule has 0 spiro atoms. The second-order valence-corrected chi connectivity index (χ2v) is 9.77. The highest BCUT2D eigenvalue weighted by Crippen LogP contribution is 2.28. The number of ether oxygens (including phenoxy) is 1. The second-order valence-electron chi connectivity index (χ2n) is 8.41. The molecule has 0 bridgehead atoms. The fraction of sp³-hybridized carbons (Fsp3) is 0.138. The molecule has 7 heteroatoms. The van der Waals surface area contributed by atoms with Gasteiger partial charge in [-0.3, -0.25) is 4.79 Å². The van der Waals surface area contributed by atoms with Gasteiger partial charge in [0, 0.05) is 21.5 Å². The molecule has 1 aromatic heterocycles. The van der Waals surface area contributed by atoms with Gasteiger partial charge >= 0.3 is 0 Å². The molecule has 0 unspecified atom stereocenters. The topological polar surface area (TPSA) is 56.5 Å². The third kappa shape index (κ3) is 5.06. The maximum absolute atomic E-state index is 13.4. The van der Waals surface area contributed by atoms with Crippen molar-refractivity contribution in [2.45, 2.75) is 26.4 Å². The van der Waals surface area contributed by atoms with Crippen molar-refractivity contribution in [3.63, 3.8) is 0 Å². The molecule has 0 saturated carbocycles. The van der Waals surface area contributed by atoms with Crippen LogP contribution < -0.4 is 10.3 Å². The van der Waals surface area contributed by atoms with Crippen molar-refractivity contribution in [3.8, 4) is 5.75 Å². The first-order chi connectivity index (χ1) is 17.5. The Balaban J connectivity index is 1.60. The van der Waals surface area contributed by atoms with Crippen LogP contribution in [-0.2, 0) is 13.0 Å². The van der Waals surface area contributed by atoms with Gasteiger partial charge in [-0.1, -0.05) is 76.9 Å². The molecule has 0 aliphatic heterocycles. The molecule has 0 amide bonds. The van der Waals surface area contributed by atoms with Crippen LogP contribution in [0.2, 0.25) is 5.02 Å². The number of halogens is 2. The summed E-state index contributed by atoms with van der Waals surface area (Å²) >= 11 is 9.47. The summed E-state index contributed by atoms with van der Waals surface area (Å²) < 4.78 is 8.43. The van der Waals surface area contributed by atoms with Gasteiger partial charge in [0.1, 0.15) is 18.2 Å². The lowest BCUT2D eigenvalue weighted by Crippen LogP contribution is -2.22. The number of aryl methyl sites for hydroxylation is 1. The maximum atomic E-state index is 13.4. The van der Waals surface area contributed by atoms with Gasteiger partial charge in [-0.05, 0) is 59.2 Å². The highest BCUT2D eigenvalue weighted by molar-refractivity contribution is 9.10. The van der Waals surface area contributed by atoms with Gasteiger partial charge in [0.25, 0.3) is 5.56 Å². The average Bonchev–Trinajstić information content (AvgIpc) is 2.89. The Morgan fingerprint density at radius 3 is 2.64 bits per heavy atom. The molecule has 0 radical (unpaired) electrons. The SMILES string of the molecule is CCCc1nc2ccc(Br)cc2c(=O)n1N=Cc1c(OCc2ccc(Cl)cc2)ccc2ccccc12. The first kappa shape index (κ1) is 24.2. The van der Waals surface area contributed by atoms with Crippen LogP contribution in [0, 0.1) is 0 Å². The van der Waals surface area contributed by atoms with E-state index in [9.17, 15) is 4.79 Å². The van der Waals surface area contributed by atoms with Crippen molar-refractivity contribution in [2.24, 2.45) is 5.10 Å². The van der Waals surface area contributed by atoms with Crippen LogP contribution in [0.3, 0.4) is 0 Å². The van der Waals surface area contributed by atoms with Crippen LogP contribution in [0.15, 0.2) is 93.2 Å². The van der Waals surface area contributed by atoms with Crippen molar-refractivity contribution < 1.29 is 4.74 Å². The van der Waals surface area contributed by atoms with Gasteiger partial charge < -0.3 is 4.74 Å². The molecule has 0 fully saturated rings. The van der Waals surface area contributed by atoms with E-state index in [0.29, 0.717) is 40.5 Å². The van der Waals surface area contributed by atoms with Crippen molar-refractivity contribution >= 4 is 55.4 Å². The Morgan fingerprint density at radius 2 is 1.83 bits per heavy atom. The third-order valence-electron chi connectivity index (χ3n) is 5.89. The number of aromatic nitrogens is 2. The van der Waals surface area contributed by atoms with Gasteiger partial charge in [0.2, 0.25) is 0 Å². The van der Waals surface area contributed by atoms with E-state index in [1.54, 1.807) is 12.3 Å². The van der Waals surface area contributed by atoms with E-state index in [1.165, 1.54) is 4.68 Å². The monoisotopic (exact) mass is 559 g/mol. The molecule has 0 saturated heterocycles. The van der Waals surface area contributed by atoms with Gasteiger partial charge in [-0.2, -0.15) is 9.78 Å². The van der Waals surface area contributed by atoms with Crippen molar-refractivity contribution in [3.05, 3.63) is 116 Å². The minimum absolute atomic E-state index is 0.204.